The summed E-state index contributed by atoms with van der Waals surface area (Å²) in [5.74, 6) is 0.00397. The maximum Gasteiger partial charge on any atom is 0.251 e. The van der Waals surface area contributed by atoms with E-state index in [0.717, 1.165) is 58.5 Å². The molecule has 3 N–H and O–H groups in total. The molecule has 27 heavy (non-hydrogen) atoms. The Hall–Kier alpha value is -3.08. The van der Waals surface area contributed by atoms with E-state index in [-0.39, 0.29) is 5.91 Å². The number of carbonyl (C=O) groups is 1. The monoisotopic (exact) mass is 360 g/mol. The molecule has 0 saturated heterocycles. The topological polar surface area (TPSA) is 69.8 Å². The van der Waals surface area contributed by atoms with E-state index in [0.29, 0.717) is 6.54 Å². The van der Waals surface area contributed by atoms with E-state index in [1.165, 1.54) is 5.57 Å². The van der Waals surface area contributed by atoms with Crippen molar-refractivity contribution in [3.63, 3.8) is 0 Å². The predicted molar refractivity (Wildman–Crippen MR) is 110 cm³/mol. The Labute approximate surface area is 158 Å². The molecular formula is C22H24N4O. The molecule has 2 aromatic heterocycles. The Morgan fingerprint density at radius 2 is 2.15 bits per heavy atom. The third-order valence-corrected chi connectivity index (χ3v) is 4.92. The third kappa shape index (κ3) is 3.33. The largest absolute Gasteiger partial charge is 0.355 e. The Balaban J connectivity index is 1.68. The summed E-state index contributed by atoms with van der Waals surface area (Å²) < 4.78 is 0. The minimum Gasteiger partial charge on any atom is -0.355 e. The number of rotatable bonds is 6. The molecular weight excluding hydrogens is 336 g/mol. The number of hydrogen-bond acceptors (Lipinski definition) is 3. The zero-order valence-electron chi connectivity index (χ0n) is 15.7. The van der Waals surface area contributed by atoms with Gasteiger partial charge >= 0.3 is 0 Å². The van der Waals surface area contributed by atoms with Gasteiger partial charge in [0.15, 0.2) is 0 Å². The van der Waals surface area contributed by atoms with Crippen LogP contribution in [0.5, 0.6) is 0 Å². The average Bonchev–Trinajstić information content (AvgIpc) is 3.26. The Kier molecular flexibility index (Phi) is 4.67. The second-order valence-corrected chi connectivity index (χ2v) is 6.87. The molecule has 0 aliphatic carbocycles. The van der Waals surface area contributed by atoms with E-state index in [1.54, 1.807) is 0 Å². The van der Waals surface area contributed by atoms with Crippen molar-refractivity contribution in [1.82, 2.24) is 15.3 Å². The van der Waals surface area contributed by atoms with Crippen LogP contribution in [0.2, 0.25) is 0 Å². The van der Waals surface area contributed by atoms with E-state index in [9.17, 15) is 4.79 Å². The number of aromatic amines is 1. The van der Waals surface area contributed by atoms with Gasteiger partial charge in [0.2, 0.25) is 0 Å². The number of H-pyrrole nitrogens is 1. The first-order valence-electron chi connectivity index (χ1n) is 9.55. The number of aromatic nitrogens is 2. The van der Waals surface area contributed by atoms with Gasteiger partial charge in [-0.1, -0.05) is 26.3 Å². The van der Waals surface area contributed by atoms with Crippen molar-refractivity contribution < 1.29 is 4.79 Å². The predicted octanol–water partition coefficient (Wildman–Crippen LogP) is 5.14. The highest BCUT2D eigenvalue weighted by atomic mass is 16.1. The summed E-state index contributed by atoms with van der Waals surface area (Å²) >= 11 is 0. The number of allylic oxidation sites excluding steroid dienone is 2. The second-order valence-electron chi connectivity index (χ2n) is 6.87. The molecule has 0 atom stereocenters. The summed E-state index contributed by atoms with van der Waals surface area (Å²) in [4.78, 5) is 19.7. The smallest absolute Gasteiger partial charge is 0.251 e. The van der Waals surface area contributed by atoms with Crippen LogP contribution in [-0.2, 0) is 6.54 Å². The molecule has 3 heterocycles. The third-order valence-electron chi connectivity index (χ3n) is 4.92. The molecule has 1 aliphatic heterocycles. The molecule has 0 unspecified atom stereocenters. The lowest BCUT2D eigenvalue weighted by atomic mass is 10.1. The lowest BCUT2D eigenvalue weighted by Crippen LogP contribution is -2.12. The van der Waals surface area contributed by atoms with Gasteiger partial charge in [-0.2, -0.15) is 0 Å². The average molecular weight is 360 g/mol. The summed E-state index contributed by atoms with van der Waals surface area (Å²) in [5, 5.41) is 7.42. The molecule has 5 heteroatoms. The fourth-order valence-electron chi connectivity index (χ4n) is 3.64. The van der Waals surface area contributed by atoms with Crippen molar-refractivity contribution in [3.05, 3.63) is 59.4 Å². The Bertz CT molecular complexity index is 1030. The molecule has 0 radical (unpaired) electrons. The van der Waals surface area contributed by atoms with Gasteiger partial charge < -0.3 is 15.6 Å². The molecule has 0 fully saturated rings. The molecule has 0 spiro atoms. The molecule has 4 rings (SSSR count). The minimum absolute atomic E-state index is 0.00397. The van der Waals surface area contributed by atoms with Crippen molar-refractivity contribution in [1.29, 1.82) is 0 Å². The quantitative estimate of drug-likeness (QED) is 0.570. The Morgan fingerprint density at radius 3 is 2.96 bits per heavy atom. The number of pyridine rings is 1. The lowest BCUT2D eigenvalue weighted by molar-refractivity contribution is 0.0966. The molecule has 0 saturated carbocycles. The number of benzene rings is 1. The SMILES string of the molecule is CC/C=C(\CCC)c1cc2c(Nc3ccc4c(c3)CNC4=O)ccnc2[nH]1. The molecule has 3 aromatic rings. The first-order valence-corrected chi connectivity index (χ1v) is 9.55. The van der Waals surface area contributed by atoms with Crippen molar-refractivity contribution in [2.75, 3.05) is 5.32 Å². The molecule has 5 nitrogen and oxygen atoms in total. The molecule has 1 aliphatic rings. The minimum atomic E-state index is 0.00397. The normalized spacial score (nSPS) is 13.7. The number of fused-ring (bicyclic) bond motifs is 2. The number of nitrogens with zero attached hydrogens (tertiary/aromatic N) is 1. The van der Waals surface area contributed by atoms with Crippen LogP contribution < -0.4 is 10.6 Å². The van der Waals surface area contributed by atoms with Crippen LogP contribution >= 0.6 is 0 Å². The number of hydrogen-bond donors (Lipinski definition) is 3. The summed E-state index contributed by atoms with van der Waals surface area (Å²) in [6.45, 7) is 4.95. The summed E-state index contributed by atoms with van der Waals surface area (Å²) in [5.41, 5.74) is 7.13. The van der Waals surface area contributed by atoms with Crippen molar-refractivity contribution in [2.24, 2.45) is 0 Å². The highest BCUT2D eigenvalue weighted by Crippen LogP contribution is 2.30. The first-order chi connectivity index (χ1) is 13.2. The van der Waals surface area contributed by atoms with Gasteiger partial charge in [0, 0.05) is 35.1 Å². The van der Waals surface area contributed by atoms with E-state index in [2.05, 4.69) is 46.6 Å². The standard InChI is InChI=1S/C22H24N4O/c1-3-5-14(6-4-2)20-12-18-19(9-10-23-21(18)26-20)25-16-7-8-17-15(11-16)13-24-22(17)27/h5,7-12H,3-4,6,13H2,1-2H3,(H,24,27)(H2,23,25,26)/b14-5+. The number of amides is 1. The van der Waals surface area contributed by atoms with Crippen LogP contribution in [0.25, 0.3) is 16.6 Å². The van der Waals surface area contributed by atoms with Crippen LogP contribution in [0.1, 0.15) is 54.7 Å². The number of carbonyl (C=O) groups excluding carboxylic acids is 1. The summed E-state index contributed by atoms with van der Waals surface area (Å²) in [7, 11) is 0. The fraction of sp³-hybridized carbons (Fsp3) is 0.273. The van der Waals surface area contributed by atoms with Gasteiger partial charge in [-0.15, -0.1) is 0 Å². The first kappa shape index (κ1) is 17.3. The van der Waals surface area contributed by atoms with Crippen molar-refractivity contribution >= 4 is 33.9 Å². The van der Waals surface area contributed by atoms with Gasteiger partial charge in [0.25, 0.3) is 5.91 Å². The van der Waals surface area contributed by atoms with Crippen LogP contribution in [0.15, 0.2) is 42.6 Å². The van der Waals surface area contributed by atoms with E-state index >= 15 is 0 Å². The highest BCUT2D eigenvalue weighted by molar-refractivity contribution is 5.99. The zero-order chi connectivity index (χ0) is 18.8. The molecule has 1 aromatic carbocycles. The van der Waals surface area contributed by atoms with Gasteiger partial charge in [0.1, 0.15) is 5.65 Å². The zero-order valence-corrected chi connectivity index (χ0v) is 15.7. The maximum atomic E-state index is 11.7. The van der Waals surface area contributed by atoms with E-state index in [1.807, 2.05) is 30.5 Å². The van der Waals surface area contributed by atoms with Gasteiger partial charge in [-0.3, -0.25) is 4.79 Å². The fourth-order valence-corrected chi connectivity index (χ4v) is 3.64. The number of nitrogens with one attached hydrogen (secondary N) is 3. The molecule has 0 bridgehead atoms. The highest BCUT2D eigenvalue weighted by Gasteiger charge is 2.18. The lowest BCUT2D eigenvalue weighted by Gasteiger charge is -2.08. The van der Waals surface area contributed by atoms with Crippen LogP contribution in [0, 0.1) is 0 Å². The van der Waals surface area contributed by atoms with Gasteiger partial charge in [-0.25, -0.2) is 4.98 Å². The Morgan fingerprint density at radius 1 is 1.26 bits per heavy atom. The van der Waals surface area contributed by atoms with Crippen molar-refractivity contribution in [3.8, 4) is 0 Å². The molecule has 1 amide bonds. The number of anilines is 2. The van der Waals surface area contributed by atoms with E-state index in [4.69, 9.17) is 0 Å². The summed E-state index contributed by atoms with van der Waals surface area (Å²) in [6, 6.07) is 10.0. The summed E-state index contributed by atoms with van der Waals surface area (Å²) in [6.07, 6.45) is 7.28. The van der Waals surface area contributed by atoms with Gasteiger partial charge in [-0.05, 0) is 54.3 Å². The maximum absolute atomic E-state index is 11.7. The molecule has 138 valence electrons. The van der Waals surface area contributed by atoms with Crippen LogP contribution in [0.3, 0.4) is 0 Å². The van der Waals surface area contributed by atoms with Crippen LogP contribution in [0.4, 0.5) is 11.4 Å². The van der Waals surface area contributed by atoms with Crippen LogP contribution in [-0.4, -0.2) is 15.9 Å². The second kappa shape index (κ2) is 7.27. The van der Waals surface area contributed by atoms with Gasteiger partial charge in [0.05, 0.1) is 5.69 Å². The van der Waals surface area contributed by atoms with E-state index < -0.39 is 0 Å². The van der Waals surface area contributed by atoms with Crippen molar-refractivity contribution in [2.45, 2.75) is 39.7 Å².